The molecular formula is C26H28N4O2. The first-order valence-electron chi connectivity index (χ1n) is 11.6. The SMILES string of the molecule is Cc1ccc(-c2noc(C3=CC4(CCN(CC5CCCO5)CC4)c4ccccc43)n2)cn1. The molecule has 0 radical (unpaired) electrons. The van der Waals surface area contributed by atoms with Gasteiger partial charge in [-0.1, -0.05) is 35.5 Å². The number of likely N-dealkylation sites (tertiary alicyclic amines) is 1. The first-order valence-corrected chi connectivity index (χ1v) is 11.6. The Morgan fingerprint density at radius 2 is 2.00 bits per heavy atom. The topological polar surface area (TPSA) is 64.3 Å². The minimum atomic E-state index is 0.0407. The number of hydrogen-bond acceptors (Lipinski definition) is 6. The first-order chi connectivity index (χ1) is 15.7. The van der Waals surface area contributed by atoms with Crippen LogP contribution >= 0.6 is 0 Å². The van der Waals surface area contributed by atoms with Gasteiger partial charge >= 0.3 is 0 Å². The summed E-state index contributed by atoms with van der Waals surface area (Å²) in [5.41, 5.74) is 5.55. The van der Waals surface area contributed by atoms with Gasteiger partial charge in [-0.05, 0) is 69.0 Å². The summed E-state index contributed by atoms with van der Waals surface area (Å²) in [4.78, 5) is 11.7. The summed E-state index contributed by atoms with van der Waals surface area (Å²) in [5, 5.41) is 4.25. The van der Waals surface area contributed by atoms with Gasteiger partial charge in [-0.3, -0.25) is 4.98 Å². The van der Waals surface area contributed by atoms with Crippen LogP contribution in [0.5, 0.6) is 0 Å². The molecule has 1 atom stereocenters. The summed E-state index contributed by atoms with van der Waals surface area (Å²) in [6, 6.07) is 12.7. The Labute approximate surface area is 188 Å². The Kier molecular flexibility index (Phi) is 4.92. The molecule has 1 unspecified atom stereocenters. The Bertz CT molecular complexity index is 1140. The van der Waals surface area contributed by atoms with Crippen LogP contribution < -0.4 is 0 Å². The fourth-order valence-corrected chi connectivity index (χ4v) is 5.44. The maximum atomic E-state index is 5.86. The van der Waals surface area contributed by atoms with E-state index in [0.717, 1.165) is 55.9 Å². The molecule has 0 amide bonds. The molecule has 2 aromatic heterocycles. The van der Waals surface area contributed by atoms with Crippen molar-refractivity contribution < 1.29 is 9.26 Å². The van der Waals surface area contributed by atoms with Gasteiger partial charge in [-0.15, -0.1) is 0 Å². The molecule has 3 aromatic rings. The van der Waals surface area contributed by atoms with Gasteiger partial charge in [0.05, 0.1) is 6.10 Å². The van der Waals surface area contributed by atoms with Crippen LogP contribution in [0, 0.1) is 6.92 Å². The minimum Gasteiger partial charge on any atom is -0.377 e. The molecule has 1 aliphatic carbocycles. The van der Waals surface area contributed by atoms with Gasteiger partial charge in [0, 0.05) is 41.6 Å². The lowest BCUT2D eigenvalue weighted by Crippen LogP contribution is -2.43. The maximum absolute atomic E-state index is 5.86. The molecule has 32 heavy (non-hydrogen) atoms. The largest absolute Gasteiger partial charge is 0.377 e. The molecule has 0 saturated carbocycles. The van der Waals surface area contributed by atoms with Gasteiger partial charge in [-0.25, -0.2) is 0 Å². The molecule has 6 heteroatoms. The van der Waals surface area contributed by atoms with E-state index in [4.69, 9.17) is 14.2 Å². The highest BCUT2D eigenvalue weighted by atomic mass is 16.5. The smallest absolute Gasteiger partial charge is 0.258 e. The van der Waals surface area contributed by atoms with Gasteiger partial charge < -0.3 is 14.2 Å². The highest BCUT2D eigenvalue weighted by molar-refractivity contribution is 5.84. The summed E-state index contributed by atoms with van der Waals surface area (Å²) in [5.74, 6) is 1.17. The molecule has 2 fully saturated rings. The van der Waals surface area contributed by atoms with Crippen LogP contribution in [0.1, 0.15) is 48.4 Å². The number of pyridine rings is 1. The van der Waals surface area contributed by atoms with Gasteiger partial charge in [-0.2, -0.15) is 4.98 Å². The summed E-state index contributed by atoms with van der Waals surface area (Å²) in [6.07, 6.45) is 9.21. The van der Waals surface area contributed by atoms with Crippen LogP contribution in [0.2, 0.25) is 0 Å². The highest BCUT2D eigenvalue weighted by Crippen LogP contribution is 2.48. The van der Waals surface area contributed by atoms with E-state index in [1.807, 2.05) is 19.1 Å². The zero-order valence-electron chi connectivity index (χ0n) is 18.5. The van der Waals surface area contributed by atoms with E-state index in [0.29, 0.717) is 17.8 Å². The Hall–Kier alpha value is -2.83. The van der Waals surface area contributed by atoms with Crippen LogP contribution in [-0.2, 0) is 10.2 Å². The molecule has 4 heterocycles. The van der Waals surface area contributed by atoms with Crippen LogP contribution in [0.25, 0.3) is 17.0 Å². The second-order valence-corrected chi connectivity index (χ2v) is 9.31. The summed E-state index contributed by atoms with van der Waals surface area (Å²) in [6.45, 7) is 6.13. The monoisotopic (exact) mass is 428 g/mol. The van der Waals surface area contributed by atoms with Gasteiger partial charge in [0.25, 0.3) is 5.89 Å². The van der Waals surface area contributed by atoms with Gasteiger partial charge in [0.2, 0.25) is 5.82 Å². The van der Waals surface area contributed by atoms with E-state index < -0.39 is 0 Å². The van der Waals surface area contributed by atoms with Crippen LogP contribution in [0.4, 0.5) is 0 Å². The quantitative estimate of drug-likeness (QED) is 0.614. The van der Waals surface area contributed by atoms with Gasteiger partial charge in [0.1, 0.15) is 0 Å². The lowest BCUT2D eigenvalue weighted by Gasteiger charge is -2.40. The van der Waals surface area contributed by atoms with Crippen molar-refractivity contribution >= 4 is 5.57 Å². The van der Waals surface area contributed by atoms with Crippen LogP contribution in [0.15, 0.2) is 53.2 Å². The summed E-state index contributed by atoms with van der Waals surface area (Å²) < 4.78 is 11.6. The third-order valence-electron chi connectivity index (χ3n) is 7.23. The molecule has 0 bridgehead atoms. The number of allylic oxidation sites excluding steroid dienone is 1. The van der Waals surface area contributed by atoms with Crippen molar-refractivity contribution in [2.75, 3.05) is 26.2 Å². The van der Waals surface area contributed by atoms with Crippen molar-refractivity contribution in [1.82, 2.24) is 20.0 Å². The van der Waals surface area contributed by atoms with Gasteiger partial charge in [0.15, 0.2) is 0 Å². The van der Waals surface area contributed by atoms with E-state index >= 15 is 0 Å². The number of nitrogens with zero attached hydrogens (tertiary/aromatic N) is 4. The average Bonchev–Trinajstić information content (AvgIpc) is 3.57. The minimum absolute atomic E-state index is 0.0407. The first kappa shape index (κ1) is 19.8. The zero-order chi connectivity index (χ0) is 21.5. The molecule has 2 saturated heterocycles. The molecule has 3 aliphatic rings. The van der Waals surface area contributed by atoms with Crippen LogP contribution in [-0.4, -0.2) is 52.4 Å². The number of fused-ring (bicyclic) bond motifs is 2. The lowest BCUT2D eigenvalue weighted by atomic mass is 9.74. The molecule has 6 nitrogen and oxygen atoms in total. The average molecular weight is 429 g/mol. The van der Waals surface area contributed by atoms with Crippen LogP contribution in [0.3, 0.4) is 0 Å². The molecule has 1 aromatic carbocycles. The summed E-state index contributed by atoms with van der Waals surface area (Å²) >= 11 is 0. The summed E-state index contributed by atoms with van der Waals surface area (Å²) in [7, 11) is 0. The second-order valence-electron chi connectivity index (χ2n) is 9.31. The highest BCUT2D eigenvalue weighted by Gasteiger charge is 2.42. The molecular weight excluding hydrogens is 400 g/mol. The maximum Gasteiger partial charge on any atom is 0.258 e. The number of aryl methyl sites for hydroxylation is 1. The Morgan fingerprint density at radius 3 is 2.78 bits per heavy atom. The molecule has 2 aliphatic heterocycles. The fourth-order valence-electron chi connectivity index (χ4n) is 5.44. The van der Waals surface area contributed by atoms with E-state index in [-0.39, 0.29) is 5.41 Å². The third-order valence-corrected chi connectivity index (χ3v) is 7.23. The lowest BCUT2D eigenvalue weighted by molar-refractivity contribution is 0.0597. The van der Waals surface area contributed by atoms with Crippen molar-refractivity contribution in [3.05, 3.63) is 71.4 Å². The number of hydrogen-bond donors (Lipinski definition) is 0. The van der Waals surface area contributed by atoms with E-state index in [9.17, 15) is 0 Å². The predicted molar refractivity (Wildman–Crippen MR) is 122 cm³/mol. The number of aromatic nitrogens is 3. The Morgan fingerprint density at radius 1 is 1.12 bits per heavy atom. The zero-order valence-corrected chi connectivity index (χ0v) is 18.5. The van der Waals surface area contributed by atoms with E-state index in [2.05, 4.69) is 45.4 Å². The fraction of sp³-hybridized carbons (Fsp3) is 0.423. The Balaban J connectivity index is 1.27. The standard InChI is InChI=1S/C26H28N4O2/c1-18-8-9-19(16-27-18)24-28-25(32-29-24)22-15-26(23-7-3-2-6-21(22)23)10-12-30(13-11-26)17-20-5-4-14-31-20/h2-3,6-9,15-16,20H,4-5,10-14,17H2,1H3. The number of piperidine rings is 1. The second kappa shape index (κ2) is 7.94. The van der Waals surface area contributed by atoms with E-state index in [1.165, 1.54) is 24.0 Å². The van der Waals surface area contributed by atoms with Crippen molar-refractivity contribution in [3.8, 4) is 11.4 Å². The van der Waals surface area contributed by atoms with E-state index in [1.54, 1.807) is 6.20 Å². The number of rotatable bonds is 4. The number of ether oxygens (including phenoxy) is 1. The molecule has 0 N–H and O–H groups in total. The molecule has 6 rings (SSSR count). The van der Waals surface area contributed by atoms with Crippen molar-refractivity contribution in [3.63, 3.8) is 0 Å². The third kappa shape index (κ3) is 3.48. The van der Waals surface area contributed by atoms with Crippen molar-refractivity contribution in [2.45, 2.75) is 44.1 Å². The predicted octanol–water partition coefficient (Wildman–Crippen LogP) is 4.40. The molecule has 1 spiro atoms. The van der Waals surface area contributed by atoms with Crippen molar-refractivity contribution in [2.24, 2.45) is 0 Å². The number of benzene rings is 1. The van der Waals surface area contributed by atoms with Crippen molar-refractivity contribution in [1.29, 1.82) is 0 Å². The normalized spacial score (nSPS) is 22.3. The molecule has 164 valence electrons.